The number of halogens is 1. The molecule has 2 heterocycles. The Labute approximate surface area is 138 Å². The number of ether oxygens (including phenoxy) is 1. The molecule has 3 rings (SSSR count). The minimum atomic E-state index is -0.329. The zero-order chi connectivity index (χ0) is 17.1. The van der Waals surface area contributed by atoms with Gasteiger partial charge in [0.1, 0.15) is 24.2 Å². The minimum absolute atomic E-state index is 0.222. The van der Waals surface area contributed by atoms with Gasteiger partial charge >= 0.3 is 0 Å². The second kappa shape index (κ2) is 6.79. The zero-order valence-corrected chi connectivity index (χ0v) is 13.7. The van der Waals surface area contributed by atoms with Crippen LogP contribution in [0.15, 0.2) is 35.0 Å². The molecular formula is C16H18FN5O2. The van der Waals surface area contributed by atoms with E-state index in [4.69, 9.17) is 9.26 Å². The quantitative estimate of drug-likeness (QED) is 0.748. The highest BCUT2D eigenvalue weighted by Crippen LogP contribution is 2.24. The van der Waals surface area contributed by atoms with Crippen LogP contribution in [0.3, 0.4) is 0 Å². The van der Waals surface area contributed by atoms with Crippen LogP contribution in [-0.4, -0.2) is 27.0 Å². The third kappa shape index (κ3) is 3.13. The van der Waals surface area contributed by atoms with Crippen LogP contribution in [0, 0.1) is 12.7 Å². The van der Waals surface area contributed by atoms with Crippen LogP contribution in [0.25, 0.3) is 5.69 Å². The molecule has 8 heteroatoms. The first-order valence-corrected chi connectivity index (χ1v) is 7.47. The topological polar surface area (TPSA) is 78.0 Å². The number of aromatic nitrogens is 4. The van der Waals surface area contributed by atoms with E-state index in [-0.39, 0.29) is 11.9 Å². The number of para-hydroxylation sites is 1. The summed E-state index contributed by atoms with van der Waals surface area (Å²) in [5.41, 5.74) is 1.94. The molecule has 7 nitrogen and oxygen atoms in total. The molecule has 1 aromatic carbocycles. The molecule has 3 aromatic rings. The Bertz CT molecular complexity index is 829. The first kappa shape index (κ1) is 16.1. The number of hydrogen-bond acceptors (Lipinski definition) is 6. The van der Waals surface area contributed by atoms with E-state index in [2.05, 4.69) is 20.6 Å². The van der Waals surface area contributed by atoms with Gasteiger partial charge in [-0.05, 0) is 26.0 Å². The van der Waals surface area contributed by atoms with Gasteiger partial charge in [-0.1, -0.05) is 17.3 Å². The Balaban J connectivity index is 1.79. The maximum atomic E-state index is 13.9. The number of nitrogens with one attached hydrogen (secondary N) is 1. The van der Waals surface area contributed by atoms with Crippen LogP contribution in [0.2, 0.25) is 0 Å². The van der Waals surface area contributed by atoms with Crippen molar-refractivity contribution in [2.75, 3.05) is 12.4 Å². The summed E-state index contributed by atoms with van der Waals surface area (Å²) in [7, 11) is 1.57. The number of anilines is 1. The molecule has 2 aromatic heterocycles. The van der Waals surface area contributed by atoms with E-state index >= 15 is 0 Å². The fraction of sp³-hybridized carbons (Fsp3) is 0.312. The van der Waals surface area contributed by atoms with E-state index in [1.54, 1.807) is 36.2 Å². The molecule has 0 radical (unpaired) electrons. The Morgan fingerprint density at radius 1 is 1.38 bits per heavy atom. The molecule has 0 bridgehead atoms. The summed E-state index contributed by atoms with van der Waals surface area (Å²) in [5.74, 6) is 0.601. The van der Waals surface area contributed by atoms with Gasteiger partial charge in [0.2, 0.25) is 5.89 Å². The largest absolute Gasteiger partial charge is 0.377 e. The first-order valence-electron chi connectivity index (χ1n) is 7.47. The lowest BCUT2D eigenvalue weighted by molar-refractivity contribution is 0.174. The summed E-state index contributed by atoms with van der Waals surface area (Å²) in [4.78, 5) is 4.25. The Morgan fingerprint density at radius 2 is 2.17 bits per heavy atom. The first-order chi connectivity index (χ1) is 11.6. The van der Waals surface area contributed by atoms with Crippen molar-refractivity contribution in [2.45, 2.75) is 26.5 Å². The van der Waals surface area contributed by atoms with Gasteiger partial charge < -0.3 is 14.6 Å². The van der Waals surface area contributed by atoms with Crippen LogP contribution < -0.4 is 5.32 Å². The molecule has 0 saturated carbocycles. The van der Waals surface area contributed by atoms with E-state index in [9.17, 15) is 4.39 Å². The molecule has 0 spiro atoms. The van der Waals surface area contributed by atoms with Crippen LogP contribution in [0.4, 0.5) is 10.1 Å². The lowest BCUT2D eigenvalue weighted by atomic mass is 10.2. The molecule has 0 aliphatic carbocycles. The minimum Gasteiger partial charge on any atom is -0.377 e. The van der Waals surface area contributed by atoms with Gasteiger partial charge in [-0.15, -0.1) is 0 Å². The van der Waals surface area contributed by atoms with E-state index in [1.165, 1.54) is 6.07 Å². The lowest BCUT2D eigenvalue weighted by Gasteiger charge is -2.11. The summed E-state index contributed by atoms with van der Waals surface area (Å²) >= 11 is 0. The van der Waals surface area contributed by atoms with Crippen molar-refractivity contribution in [1.29, 1.82) is 0 Å². The Morgan fingerprint density at radius 3 is 2.92 bits per heavy atom. The Hall–Kier alpha value is -2.74. The van der Waals surface area contributed by atoms with Gasteiger partial charge in [-0.3, -0.25) is 0 Å². The average Bonchev–Trinajstić information content (AvgIpc) is 3.17. The van der Waals surface area contributed by atoms with E-state index in [0.717, 1.165) is 11.4 Å². The Kier molecular flexibility index (Phi) is 4.57. The van der Waals surface area contributed by atoms with Gasteiger partial charge in [-0.2, -0.15) is 10.1 Å². The van der Waals surface area contributed by atoms with Crippen LogP contribution >= 0.6 is 0 Å². The van der Waals surface area contributed by atoms with Crippen molar-refractivity contribution in [3.8, 4) is 5.69 Å². The predicted octanol–water partition coefficient (Wildman–Crippen LogP) is 3.02. The normalized spacial score (nSPS) is 12.3. The van der Waals surface area contributed by atoms with Gasteiger partial charge in [-0.25, -0.2) is 9.07 Å². The number of methoxy groups -OCH3 is 1. The molecule has 1 atom stereocenters. The summed E-state index contributed by atoms with van der Waals surface area (Å²) in [6.45, 7) is 4.04. The summed E-state index contributed by atoms with van der Waals surface area (Å²) < 4.78 is 25.7. The maximum absolute atomic E-state index is 13.9. The van der Waals surface area contributed by atoms with E-state index in [0.29, 0.717) is 24.0 Å². The molecule has 0 aliphatic heterocycles. The third-order valence-electron chi connectivity index (χ3n) is 3.59. The van der Waals surface area contributed by atoms with Crippen molar-refractivity contribution in [3.05, 3.63) is 53.7 Å². The zero-order valence-electron chi connectivity index (χ0n) is 13.7. The molecule has 0 amide bonds. The molecule has 0 unspecified atom stereocenters. The number of rotatable bonds is 6. The highest BCUT2D eigenvalue weighted by Gasteiger charge is 2.17. The SMILES string of the molecule is COCc1noc([C@H](C)Nc2cnn(-c3ccccc3F)c2C)n1. The number of hydrogen-bond donors (Lipinski definition) is 1. The van der Waals surface area contributed by atoms with Gasteiger partial charge in [0.15, 0.2) is 5.82 Å². The summed E-state index contributed by atoms with van der Waals surface area (Å²) in [6, 6.07) is 6.27. The van der Waals surface area contributed by atoms with Crippen LogP contribution in [0.1, 0.15) is 30.4 Å². The predicted molar refractivity (Wildman–Crippen MR) is 85.3 cm³/mol. The van der Waals surface area contributed by atoms with Gasteiger partial charge in [0, 0.05) is 7.11 Å². The van der Waals surface area contributed by atoms with E-state index < -0.39 is 0 Å². The molecule has 0 fully saturated rings. The molecule has 126 valence electrons. The van der Waals surface area contributed by atoms with Crippen molar-refractivity contribution < 1.29 is 13.7 Å². The average molecular weight is 331 g/mol. The van der Waals surface area contributed by atoms with E-state index in [1.807, 2.05) is 13.8 Å². The van der Waals surface area contributed by atoms with Crippen molar-refractivity contribution >= 4 is 5.69 Å². The van der Waals surface area contributed by atoms with Crippen molar-refractivity contribution in [2.24, 2.45) is 0 Å². The molecule has 24 heavy (non-hydrogen) atoms. The number of nitrogens with zero attached hydrogens (tertiary/aromatic N) is 4. The highest BCUT2D eigenvalue weighted by atomic mass is 19.1. The van der Waals surface area contributed by atoms with Crippen LogP contribution in [-0.2, 0) is 11.3 Å². The molecule has 0 aliphatic rings. The molecule has 0 saturated heterocycles. The second-order valence-corrected chi connectivity index (χ2v) is 5.35. The highest BCUT2D eigenvalue weighted by molar-refractivity contribution is 5.50. The fourth-order valence-corrected chi connectivity index (χ4v) is 2.34. The lowest BCUT2D eigenvalue weighted by Crippen LogP contribution is -2.08. The summed E-state index contributed by atoms with van der Waals surface area (Å²) in [5, 5.41) is 11.3. The van der Waals surface area contributed by atoms with Crippen molar-refractivity contribution in [3.63, 3.8) is 0 Å². The van der Waals surface area contributed by atoms with Gasteiger partial charge in [0.05, 0.1) is 17.6 Å². The maximum Gasteiger partial charge on any atom is 0.248 e. The summed E-state index contributed by atoms with van der Waals surface area (Å²) in [6.07, 6.45) is 1.64. The van der Waals surface area contributed by atoms with Crippen molar-refractivity contribution in [1.82, 2.24) is 19.9 Å². The number of benzene rings is 1. The monoisotopic (exact) mass is 331 g/mol. The smallest absolute Gasteiger partial charge is 0.248 e. The van der Waals surface area contributed by atoms with Gasteiger partial charge in [0.25, 0.3) is 0 Å². The molecular weight excluding hydrogens is 313 g/mol. The standard InChI is InChI=1S/C16H18FN5O2/c1-10(16-20-15(9-23-3)21-24-16)19-13-8-18-22(11(13)2)14-7-5-4-6-12(14)17/h4-8,10,19H,9H2,1-3H3/t10-/m0/s1. The third-order valence-corrected chi connectivity index (χ3v) is 3.59. The second-order valence-electron chi connectivity index (χ2n) is 5.35. The molecule has 1 N–H and O–H groups in total. The fourth-order valence-electron chi connectivity index (χ4n) is 2.34. The van der Waals surface area contributed by atoms with Crippen LogP contribution in [0.5, 0.6) is 0 Å².